The zero-order chi connectivity index (χ0) is 23.2. The molecule has 5 nitrogen and oxygen atoms in total. The van der Waals surface area contributed by atoms with Crippen molar-refractivity contribution in [3.05, 3.63) is 89.5 Å². The van der Waals surface area contributed by atoms with Gasteiger partial charge in [-0.15, -0.1) is 0 Å². The Morgan fingerprint density at radius 1 is 0.970 bits per heavy atom. The molecule has 1 aliphatic heterocycles. The molecule has 33 heavy (non-hydrogen) atoms. The third-order valence-corrected chi connectivity index (χ3v) is 7.25. The average molecular weight is 457 g/mol. The smallest absolute Gasteiger partial charge is 0.259 e. The highest BCUT2D eigenvalue weighted by atomic mass is 32.2. The lowest BCUT2D eigenvalue weighted by molar-refractivity contribution is 0.0986. The highest BCUT2D eigenvalue weighted by Gasteiger charge is 2.26. The van der Waals surface area contributed by atoms with Crippen molar-refractivity contribution in [2.24, 2.45) is 0 Å². The van der Waals surface area contributed by atoms with Gasteiger partial charge < -0.3 is 4.90 Å². The molecule has 0 radical (unpaired) electrons. The van der Waals surface area contributed by atoms with Gasteiger partial charge in [0.25, 0.3) is 5.91 Å². The molecule has 0 saturated heterocycles. The molecule has 1 amide bonds. The zero-order valence-electron chi connectivity index (χ0n) is 18.6. The molecule has 0 unspecified atom stereocenters. The number of pyridine rings is 1. The second kappa shape index (κ2) is 8.12. The first kappa shape index (κ1) is 21.3. The number of hydrogen-bond acceptors (Lipinski definition) is 4. The quantitative estimate of drug-likeness (QED) is 0.425. The van der Waals surface area contributed by atoms with Crippen LogP contribution in [0.3, 0.4) is 0 Å². The van der Waals surface area contributed by atoms with Crippen molar-refractivity contribution in [2.45, 2.75) is 24.7 Å². The molecular formula is C27H24N2O3S. The number of aromatic nitrogens is 1. The largest absolute Gasteiger partial charge is 0.308 e. The molecule has 0 saturated carbocycles. The van der Waals surface area contributed by atoms with E-state index in [-0.39, 0.29) is 10.8 Å². The van der Waals surface area contributed by atoms with E-state index in [0.29, 0.717) is 12.1 Å². The summed E-state index contributed by atoms with van der Waals surface area (Å²) >= 11 is 0. The number of amides is 1. The number of sulfone groups is 1. The van der Waals surface area contributed by atoms with Crippen LogP contribution < -0.4 is 4.90 Å². The Labute approximate surface area is 193 Å². The van der Waals surface area contributed by atoms with Crippen LogP contribution in [0, 0.1) is 6.92 Å². The number of para-hydroxylation sites is 1. The number of benzene rings is 3. The van der Waals surface area contributed by atoms with Gasteiger partial charge in [0, 0.05) is 29.4 Å². The topological polar surface area (TPSA) is 67.3 Å². The standard InChI is InChI=1S/C27H24N2O3S/c1-18-9-11-19(12-10-18)25-17-23(22-7-3-4-8-24(22)28-25)27(30)29-15-5-6-20-16-21(33(2,31)32)13-14-26(20)29/h3-4,7-14,16-17H,5-6,15H2,1-2H3. The van der Waals surface area contributed by atoms with Crippen molar-refractivity contribution in [2.75, 3.05) is 17.7 Å². The van der Waals surface area contributed by atoms with E-state index < -0.39 is 9.84 Å². The molecular weight excluding hydrogens is 432 g/mol. The SMILES string of the molecule is Cc1ccc(-c2cc(C(=O)N3CCCc4cc(S(C)(=O)=O)ccc43)c3ccccc3n2)cc1. The summed E-state index contributed by atoms with van der Waals surface area (Å²) in [6.07, 6.45) is 2.73. The van der Waals surface area contributed by atoms with E-state index in [9.17, 15) is 13.2 Å². The van der Waals surface area contributed by atoms with Gasteiger partial charge in [-0.3, -0.25) is 4.79 Å². The minimum atomic E-state index is -3.31. The number of nitrogens with zero attached hydrogens (tertiary/aromatic N) is 2. The second-order valence-corrected chi connectivity index (χ2v) is 10.6. The fraction of sp³-hybridized carbons (Fsp3) is 0.185. The van der Waals surface area contributed by atoms with E-state index >= 15 is 0 Å². The average Bonchev–Trinajstić information content (AvgIpc) is 2.82. The summed E-state index contributed by atoms with van der Waals surface area (Å²) in [4.78, 5) is 20.7. The van der Waals surface area contributed by atoms with Crippen LogP contribution in [0.25, 0.3) is 22.2 Å². The van der Waals surface area contributed by atoms with Crippen molar-refractivity contribution < 1.29 is 13.2 Å². The second-order valence-electron chi connectivity index (χ2n) is 8.56. The summed E-state index contributed by atoms with van der Waals surface area (Å²) in [5, 5.41) is 0.804. The lowest BCUT2D eigenvalue weighted by atomic mass is 9.98. The number of hydrogen-bond donors (Lipinski definition) is 0. The predicted molar refractivity (Wildman–Crippen MR) is 131 cm³/mol. The van der Waals surface area contributed by atoms with Gasteiger partial charge in [0.2, 0.25) is 0 Å². The van der Waals surface area contributed by atoms with E-state index in [2.05, 4.69) is 0 Å². The van der Waals surface area contributed by atoms with Crippen LogP contribution in [0.4, 0.5) is 5.69 Å². The van der Waals surface area contributed by atoms with Crippen LogP contribution >= 0.6 is 0 Å². The predicted octanol–water partition coefficient (Wildman–Crippen LogP) is 5.21. The van der Waals surface area contributed by atoms with Gasteiger partial charge in [-0.25, -0.2) is 13.4 Å². The minimum Gasteiger partial charge on any atom is -0.308 e. The summed E-state index contributed by atoms with van der Waals surface area (Å²) < 4.78 is 24.0. The van der Waals surface area contributed by atoms with Crippen molar-refractivity contribution >= 4 is 32.3 Å². The Morgan fingerprint density at radius 3 is 2.48 bits per heavy atom. The number of aryl methyl sites for hydroxylation is 2. The summed E-state index contributed by atoms with van der Waals surface area (Å²) in [7, 11) is -3.31. The third-order valence-electron chi connectivity index (χ3n) is 6.14. The van der Waals surface area contributed by atoms with Gasteiger partial charge in [-0.05, 0) is 55.7 Å². The van der Waals surface area contributed by atoms with E-state index in [1.165, 1.54) is 6.26 Å². The Hall–Kier alpha value is -3.51. The molecule has 4 aromatic rings. The van der Waals surface area contributed by atoms with Crippen LogP contribution in [-0.4, -0.2) is 32.1 Å². The molecule has 1 aliphatic rings. The normalized spacial score (nSPS) is 13.7. The van der Waals surface area contributed by atoms with Gasteiger partial charge in [0.1, 0.15) is 0 Å². The highest BCUT2D eigenvalue weighted by Crippen LogP contribution is 2.33. The van der Waals surface area contributed by atoms with Crippen molar-refractivity contribution in [1.29, 1.82) is 0 Å². The molecule has 0 aliphatic carbocycles. The molecule has 5 rings (SSSR count). The highest BCUT2D eigenvalue weighted by molar-refractivity contribution is 7.90. The maximum Gasteiger partial charge on any atom is 0.259 e. The monoisotopic (exact) mass is 456 g/mol. The summed E-state index contributed by atoms with van der Waals surface area (Å²) in [6, 6.07) is 22.7. The molecule has 0 fully saturated rings. The maximum atomic E-state index is 13.9. The van der Waals surface area contributed by atoms with Crippen LogP contribution in [0.2, 0.25) is 0 Å². The Kier molecular flexibility index (Phi) is 5.25. The minimum absolute atomic E-state index is 0.102. The first-order valence-corrected chi connectivity index (χ1v) is 12.8. The molecule has 166 valence electrons. The number of anilines is 1. The number of carbonyl (C=O) groups excluding carboxylic acids is 1. The van der Waals surface area contributed by atoms with Crippen LogP contribution in [0.15, 0.2) is 77.7 Å². The summed E-state index contributed by atoms with van der Waals surface area (Å²) in [5.41, 5.74) is 5.89. The molecule has 0 spiro atoms. The fourth-order valence-corrected chi connectivity index (χ4v) is 5.06. The molecule has 0 bridgehead atoms. The van der Waals surface area contributed by atoms with Crippen LogP contribution in [-0.2, 0) is 16.3 Å². The van der Waals surface area contributed by atoms with E-state index in [0.717, 1.165) is 51.8 Å². The zero-order valence-corrected chi connectivity index (χ0v) is 19.4. The van der Waals surface area contributed by atoms with Crippen molar-refractivity contribution in [3.63, 3.8) is 0 Å². The van der Waals surface area contributed by atoms with Gasteiger partial charge in [0.15, 0.2) is 9.84 Å². The Balaban J connectivity index is 1.63. The Morgan fingerprint density at radius 2 is 1.73 bits per heavy atom. The number of carbonyl (C=O) groups is 1. The lowest BCUT2D eigenvalue weighted by Gasteiger charge is -2.30. The molecule has 2 heterocycles. The molecule has 1 aromatic heterocycles. The van der Waals surface area contributed by atoms with E-state index in [1.54, 1.807) is 23.1 Å². The van der Waals surface area contributed by atoms with Gasteiger partial charge >= 0.3 is 0 Å². The third kappa shape index (κ3) is 4.02. The molecule has 6 heteroatoms. The molecule has 0 N–H and O–H groups in total. The van der Waals surface area contributed by atoms with Gasteiger partial charge in [-0.2, -0.15) is 0 Å². The summed E-state index contributed by atoms with van der Waals surface area (Å²) in [5.74, 6) is -0.102. The van der Waals surface area contributed by atoms with Crippen molar-refractivity contribution in [1.82, 2.24) is 4.98 Å². The van der Waals surface area contributed by atoms with Gasteiger partial charge in [0.05, 0.1) is 21.7 Å². The first-order valence-electron chi connectivity index (χ1n) is 10.9. The first-order chi connectivity index (χ1) is 15.8. The van der Waals surface area contributed by atoms with E-state index in [1.807, 2.05) is 61.5 Å². The lowest BCUT2D eigenvalue weighted by Crippen LogP contribution is -2.35. The van der Waals surface area contributed by atoms with Crippen LogP contribution in [0.1, 0.15) is 27.9 Å². The molecule has 3 aromatic carbocycles. The fourth-order valence-electron chi connectivity index (χ4n) is 4.39. The van der Waals surface area contributed by atoms with Crippen LogP contribution in [0.5, 0.6) is 0 Å². The summed E-state index contributed by atoms with van der Waals surface area (Å²) in [6.45, 7) is 2.62. The molecule has 0 atom stereocenters. The number of fused-ring (bicyclic) bond motifs is 2. The van der Waals surface area contributed by atoms with Gasteiger partial charge in [-0.1, -0.05) is 48.0 Å². The van der Waals surface area contributed by atoms with Crippen molar-refractivity contribution in [3.8, 4) is 11.3 Å². The maximum absolute atomic E-state index is 13.9. The van der Waals surface area contributed by atoms with E-state index in [4.69, 9.17) is 4.98 Å². The Bertz CT molecular complexity index is 1490. The number of rotatable bonds is 3.